The van der Waals surface area contributed by atoms with Gasteiger partial charge in [0.25, 0.3) is 0 Å². The Morgan fingerprint density at radius 2 is 1.77 bits per heavy atom. The number of benzene rings is 2. The van der Waals surface area contributed by atoms with Gasteiger partial charge >= 0.3 is 0 Å². The minimum absolute atomic E-state index is 0.0200. The van der Waals surface area contributed by atoms with Gasteiger partial charge in [0.05, 0.1) is 25.2 Å². The van der Waals surface area contributed by atoms with Crippen molar-refractivity contribution in [1.82, 2.24) is 0 Å². The molecule has 1 N–H and O–H groups in total. The first kappa shape index (κ1) is 14.1. The number of ketones is 2. The predicted octanol–water partition coefficient (Wildman–Crippen LogP) is 2.89. The molecule has 0 fully saturated rings. The zero-order valence-electron chi connectivity index (χ0n) is 12.4. The van der Waals surface area contributed by atoms with Crippen molar-refractivity contribution in [2.45, 2.75) is 6.92 Å². The summed E-state index contributed by atoms with van der Waals surface area (Å²) in [6, 6.07) is 4.89. The fraction of sp³-hybridized carbons (Fsp3) is 0.176. The molecule has 5 nitrogen and oxygen atoms in total. The quantitative estimate of drug-likeness (QED) is 0.923. The standard InChI is InChI=1S/C17H14O5/c1-8-4-12(18)15-11(16(8)19)6-9-5-10(21-2)7-13(22-3)14(9)17(15)20/h4-7,20H,1-3H3. The van der Waals surface area contributed by atoms with Crippen molar-refractivity contribution in [3.05, 3.63) is 41.0 Å². The molecular weight excluding hydrogens is 284 g/mol. The number of phenols is 1. The van der Waals surface area contributed by atoms with Gasteiger partial charge in [0.2, 0.25) is 0 Å². The number of Topliss-reactive ketones (excluding diaryl/α,β-unsaturated/α-hetero) is 1. The van der Waals surface area contributed by atoms with E-state index in [1.807, 2.05) is 0 Å². The van der Waals surface area contributed by atoms with E-state index < -0.39 is 0 Å². The van der Waals surface area contributed by atoms with E-state index in [1.54, 1.807) is 25.1 Å². The monoisotopic (exact) mass is 298 g/mol. The van der Waals surface area contributed by atoms with Gasteiger partial charge in [-0.05, 0) is 30.5 Å². The van der Waals surface area contributed by atoms with E-state index in [-0.39, 0.29) is 28.4 Å². The molecule has 1 aliphatic rings. The summed E-state index contributed by atoms with van der Waals surface area (Å²) in [5, 5.41) is 11.5. The van der Waals surface area contributed by atoms with E-state index in [2.05, 4.69) is 0 Å². The Hall–Kier alpha value is -2.82. The maximum atomic E-state index is 12.3. The molecule has 2 aromatic carbocycles. The summed E-state index contributed by atoms with van der Waals surface area (Å²) in [4.78, 5) is 24.4. The SMILES string of the molecule is COc1cc(OC)c2c(O)c3c(cc2c1)C(=O)C(C)=CC3=O. The van der Waals surface area contributed by atoms with Gasteiger partial charge in [0.15, 0.2) is 11.6 Å². The van der Waals surface area contributed by atoms with Crippen molar-refractivity contribution in [1.29, 1.82) is 0 Å². The molecule has 0 aliphatic heterocycles. The van der Waals surface area contributed by atoms with Crippen LogP contribution in [0.1, 0.15) is 27.6 Å². The molecule has 5 heteroatoms. The molecule has 2 aromatic rings. The van der Waals surface area contributed by atoms with Crippen LogP contribution in [0.4, 0.5) is 0 Å². The van der Waals surface area contributed by atoms with E-state index in [4.69, 9.17) is 9.47 Å². The second kappa shape index (κ2) is 4.87. The van der Waals surface area contributed by atoms with Crippen LogP contribution in [0.15, 0.2) is 29.8 Å². The van der Waals surface area contributed by atoms with Crippen molar-refractivity contribution in [2.75, 3.05) is 14.2 Å². The number of carbonyl (C=O) groups excluding carboxylic acids is 2. The van der Waals surface area contributed by atoms with Gasteiger partial charge in [-0.2, -0.15) is 0 Å². The minimum Gasteiger partial charge on any atom is -0.506 e. The summed E-state index contributed by atoms with van der Waals surface area (Å²) in [5.74, 6) is 0.0128. The molecule has 0 saturated carbocycles. The van der Waals surface area contributed by atoms with Crippen LogP contribution in [0.2, 0.25) is 0 Å². The minimum atomic E-state index is -0.385. The highest BCUT2D eigenvalue weighted by Crippen LogP contribution is 2.42. The predicted molar refractivity (Wildman–Crippen MR) is 81.1 cm³/mol. The summed E-state index contributed by atoms with van der Waals surface area (Å²) in [6.07, 6.45) is 1.24. The third-order valence-electron chi connectivity index (χ3n) is 3.80. The van der Waals surface area contributed by atoms with Crippen LogP contribution in [0.3, 0.4) is 0 Å². The summed E-state index contributed by atoms with van der Waals surface area (Å²) in [7, 11) is 2.98. The lowest BCUT2D eigenvalue weighted by Crippen LogP contribution is -2.16. The highest BCUT2D eigenvalue weighted by molar-refractivity contribution is 6.27. The fourth-order valence-electron chi connectivity index (χ4n) is 2.71. The van der Waals surface area contributed by atoms with E-state index in [1.165, 1.54) is 20.3 Å². The third-order valence-corrected chi connectivity index (χ3v) is 3.80. The molecule has 0 aromatic heterocycles. The van der Waals surface area contributed by atoms with Crippen LogP contribution in [0.25, 0.3) is 10.8 Å². The number of aromatic hydroxyl groups is 1. The average molecular weight is 298 g/mol. The number of fused-ring (bicyclic) bond motifs is 2. The second-order valence-electron chi connectivity index (χ2n) is 5.10. The van der Waals surface area contributed by atoms with Crippen LogP contribution in [-0.4, -0.2) is 30.9 Å². The lowest BCUT2D eigenvalue weighted by atomic mass is 9.87. The molecule has 112 valence electrons. The lowest BCUT2D eigenvalue weighted by molar-refractivity contribution is 0.0982. The Labute approximate surface area is 126 Å². The van der Waals surface area contributed by atoms with Gasteiger partial charge in [0, 0.05) is 17.2 Å². The molecule has 3 rings (SSSR count). The largest absolute Gasteiger partial charge is 0.506 e. The summed E-state index contributed by atoms with van der Waals surface area (Å²) in [5.41, 5.74) is 0.572. The average Bonchev–Trinajstić information content (AvgIpc) is 2.50. The van der Waals surface area contributed by atoms with Crippen molar-refractivity contribution in [3.8, 4) is 17.2 Å². The molecule has 0 atom stereocenters. The number of ether oxygens (including phenoxy) is 2. The van der Waals surface area contributed by atoms with Crippen LogP contribution in [0, 0.1) is 0 Å². The molecule has 0 radical (unpaired) electrons. The van der Waals surface area contributed by atoms with Crippen LogP contribution in [-0.2, 0) is 0 Å². The number of rotatable bonds is 2. The highest BCUT2D eigenvalue weighted by atomic mass is 16.5. The van der Waals surface area contributed by atoms with Crippen molar-refractivity contribution in [3.63, 3.8) is 0 Å². The molecule has 22 heavy (non-hydrogen) atoms. The number of allylic oxidation sites excluding steroid dienone is 2. The molecule has 1 aliphatic carbocycles. The molecule has 0 unspecified atom stereocenters. The first-order valence-corrected chi connectivity index (χ1v) is 6.67. The maximum absolute atomic E-state index is 12.3. The van der Waals surface area contributed by atoms with Crippen molar-refractivity contribution in [2.24, 2.45) is 0 Å². The summed E-state index contributed by atoms with van der Waals surface area (Å²) < 4.78 is 10.5. The molecule has 0 saturated heterocycles. The van der Waals surface area contributed by atoms with E-state index in [9.17, 15) is 14.7 Å². The van der Waals surface area contributed by atoms with E-state index in [0.717, 1.165) is 0 Å². The first-order chi connectivity index (χ1) is 10.5. The second-order valence-corrected chi connectivity index (χ2v) is 5.10. The Balaban J connectivity index is 2.45. The summed E-state index contributed by atoms with van der Waals surface area (Å²) in [6.45, 7) is 1.58. The highest BCUT2D eigenvalue weighted by Gasteiger charge is 2.29. The zero-order chi connectivity index (χ0) is 16.0. The van der Waals surface area contributed by atoms with Crippen LogP contribution >= 0.6 is 0 Å². The Morgan fingerprint density at radius 1 is 1.05 bits per heavy atom. The number of hydrogen-bond donors (Lipinski definition) is 1. The normalized spacial score (nSPS) is 13.9. The number of carbonyl (C=O) groups is 2. The molecular formula is C17H14O5. The van der Waals surface area contributed by atoms with Gasteiger partial charge in [-0.1, -0.05) is 0 Å². The Kier molecular flexibility index (Phi) is 3.13. The molecule has 0 spiro atoms. The zero-order valence-corrected chi connectivity index (χ0v) is 12.4. The molecule has 0 bridgehead atoms. The third kappa shape index (κ3) is 1.86. The summed E-state index contributed by atoms with van der Waals surface area (Å²) >= 11 is 0. The Bertz CT molecular complexity index is 861. The topological polar surface area (TPSA) is 72.8 Å². The van der Waals surface area contributed by atoms with Gasteiger partial charge in [-0.3, -0.25) is 9.59 Å². The van der Waals surface area contributed by atoms with Crippen molar-refractivity contribution >= 4 is 22.3 Å². The van der Waals surface area contributed by atoms with Gasteiger partial charge in [-0.15, -0.1) is 0 Å². The fourth-order valence-corrected chi connectivity index (χ4v) is 2.71. The van der Waals surface area contributed by atoms with Crippen LogP contribution in [0.5, 0.6) is 17.2 Å². The maximum Gasteiger partial charge on any atom is 0.190 e. The number of hydrogen-bond acceptors (Lipinski definition) is 5. The first-order valence-electron chi connectivity index (χ1n) is 6.67. The molecule has 0 amide bonds. The van der Waals surface area contributed by atoms with Gasteiger partial charge < -0.3 is 14.6 Å². The lowest BCUT2D eigenvalue weighted by Gasteiger charge is -2.18. The smallest absolute Gasteiger partial charge is 0.190 e. The van der Waals surface area contributed by atoms with E-state index in [0.29, 0.717) is 27.8 Å². The van der Waals surface area contributed by atoms with Crippen molar-refractivity contribution < 1.29 is 24.2 Å². The van der Waals surface area contributed by atoms with Crippen LogP contribution < -0.4 is 9.47 Å². The number of methoxy groups -OCH3 is 2. The molecule has 0 heterocycles. The van der Waals surface area contributed by atoms with E-state index >= 15 is 0 Å². The van der Waals surface area contributed by atoms with Gasteiger partial charge in [-0.25, -0.2) is 0 Å². The number of phenolic OH excluding ortho intramolecular Hbond substituents is 1. The Morgan fingerprint density at radius 3 is 2.41 bits per heavy atom. The van der Waals surface area contributed by atoms with Gasteiger partial charge in [0.1, 0.15) is 17.2 Å².